The topological polar surface area (TPSA) is 49.4 Å². The van der Waals surface area contributed by atoms with Gasteiger partial charge in [0.05, 0.1) is 5.75 Å². The van der Waals surface area contributed by atoms with E-state index in [1.807, 2.05) is 26.0 Å². The molecule has 0 aliphatic rings. The summed E-state index contributed by atoms with van der Waals surface area (Å²) < 4.78 is 0. The summed E-state index contributed by atoms with van der Waals surface area (Å²) in [5.41, 5.74) is 3.69. The maximum Gasteiger partial charge on any atom is 0.253 e. The number of thioether (sulfide) groups is 1. The Morgan fingerprint density at radius 2 is 1.77 bits per heavy atom. The van der Waals surface area contributed by atoms with E-state index in [1.54, 1.807) is 34.9 Å². The fourth-order valence-electron chi connectivity index (χ4n) is 2.68. The van der Waals surface area contributed by atoms with Crippen molar-refractivity contribution in [2.24, 2.45) is 0 Å². The maximum atomic E-state index is 12.4. The minimum atomic E-state index is -0.0601. The number of carbonyl (C=O) groups excluding carboxylic acids is 2. The standard InChI is InChI=1S/C21H26N2O2S/c1-4-23(5-2)21(25)18-10-7-11-19(13-18)22-20(24)15-26-14-17-9-6-8-16(3)12-17/h6-13H,4-5,14-15H2,1-3H3,(H,22,24). The van der Waals surface area contributed by atoms with Gasteiger partial charge in [0.1, 0.15) is 0 Å². The maximum absolute atomic E-state index is 12.4. The zero-order chi connectivity index (χ0) is 18.9. The van der Waals surface area contributed by atoms with E-state index >= 15 is 0 Å². The van der Waals surface area contributed by atoms with Gasteiger partial charge < -0.3 is 10.2 Å². The van der Waals surface area contributed by atoms with Crippen molar-refractivity contribution in [2.75, 3.05) is 24.2 Å². The highest BCUT2D eigenvalue weighted by molar-refractivity contribution is 7.99. The summed E-state index contributed by atoms with van der Waals surface area (Å²) >= 11 is 1.58. The highest BCUT2D eigenvalue weighted by atomic mass is 32.2. The smallest absolute Gasteiger partial charge is 0.253 e. The molecule has 0 radical (unpaired) electrons. The Balaban J connectivity index is 1.88. The molecule has 0 fully saturated rings. The van der Waals surface area contributed by atoms with Crippen LogP contribution >= 0.6 is 11.8 Å². The zero-order valence-corrected chi connectivity index (χ0v) is 16.4. The van der Waals surface area contributed by atoms with E-state index in [2.05, 4.69) is 30.4 Å². The lowest BCUT2D eigenvalue weighted by molar-refractivity contribution is -0.113. The molecule has 5 heteroatoms. The zero-order valence-electron chi connectivity index (χ0n) is 15.6. The van der Waals surface area contributed by atoms with Crippen LogP contribution in [0.4, 0.5) is 5.69 Å². The Hall–Kier alpha value is -2.27. The van der Waals surface area contributed by atoms with Crippen molar-refractivity contribution < 1.29 is 9.59 Å². The molecule has 2 rings (SSSR count). The number of benzene rings is 2. The molecule has 0 saturated carbocycles. The molecule has 138 valence electrons. The van der Waals surface area contributed by atoms with Gasteiger partial charge in [-0.2, -0.15) is 0 Å². The van der Waals surface area contributed by atoms with Crippen molar-refractivity contribution in [3.63, 3.8) is 0 Å². The minimum Gasteiger partial charge on any atom is -0.339 e. The molecule has 2 aromatic carbocycles. The van der Waals surface area contributed by atoms with Gasteiger partial charge in [0, 0.05) is 30.1 Å². The lowest BCUT2D eigenvalue weighted by Crippen LogP contribution is -2.30. The summed E-state index contributed by atoms with van der Waals surface area (Å²) in [5, 5.41) is 2.88. The number of amides is 2. The van der Waals surface area contributed by atoms with Crippen molar-refractivity contribution in [1.82, 2.24) is 4.90 Å². The average molecular weight is 371 g/mol. The molecule has 2 aromatic rings. The second-order valence-corrected chi connectivity index (χ2v) is 7.07. The molecule has 0 atom stereocenters. The predicted octanol–water partition coefficient (Wildman–Crippen LogP) is 4.35. The van der Waals surface area contributed by atoms with Gasteiger partial charge in [0.25, 0.3) is 5.91 Å². The number of nitrogens with one attached hydrogen (secondary N) is 1. The lowest BCUT2D eigenvalue weighted by Gasteiger charge is -2.19. The lowest BCUT2D eigenvalue weighted by atomic mass is 10.1. The van der Waals surface area contributed by atoms with Crippen LogP contribution in [0.5, 0.6) is 0 Å². The SMILES string of the molecule is CCN(CC)C(=O)c1cccc(NC(=O)CSCc2cccc(C)c2)c1. The van der Waals surface area contributed by atoms with Crippen LogP contribution in [0.2, 0.25) is 0 Å². The van der Waals surface area contributed by atoms with Gasteiger partial charge in [-0.25, -0.2) is 0 Å². The molecule has 1 N–H and O–H groups in total. The largest absolute Gasteiger partial charge is 0.339 e. The van der Waals surface area contributed by atoms with Crippen LogP contribution in [0.1, 0.15) is 35.3 Å². The van der Waals surface area contributed by atoms with E-state index in [-0.39, 0.29) is 11.8 Å². The van der Waals surface area contributed by atoms with Gasteiger partial charge in [0.2, 0.25) is 5.91 Å². The van der Waals surface area contributed by atoms with Gasteiger partial charge in [-0.3, -0.25) is 9.59 Å². The number of carbonyl (C=O) groups is 2. The van der Waals surface area contributed by atoms with Crippen LogP contribution in [-0.2, 0) is 10.5 Å². The number of hydrogen-bond donors (Lipinski definition) is 1. The van der Waals surface area contributed by atoms with E-state index in [9.17, 15) is 9.59 Å². The first kappa shape index (κ1) is 20.0. The summed E-state index contributed by atoms with van der Waals surface area (Å²) in [4.78, 5) is 26.3. The summed E-state index contributed by atoms with van der Waals surface area (Å²) in [6.45, 7) is 7.31. The van der Waals surface area contributed by atoms with Crippen LogP contribution in [0.25, 0.3) is 0 Å². The molecule has 26 heavy (non-hydrogen) atoms. The third-order valence-electron chi connectivity index (χ3n) is 4.03. The molecule has 0 heterocycles. The van der Waals surface area contributed by atoms with Crippen LogP contribution in [0, 0.1) is 6.92 Å². The normalized spacial score (nSPS) is 10.4. The Morgan fingerprint density at radius 3 is 2.46 bits per heavy atom. The number of anilines is 1. The third kappa shape index (κ3) is 5.92. The molecule has 0 aromatic heterocycles. The van der Waals surface area contributed by atoms with Gasteiger partial charge in [-0.05, 0) is 44.5 Å². The second kappa shape index (κ2) is 10.0. The van der Waals surface area contributed by atoms with E-state index in [4.69, 9.17) is 0 Å². The Labute approximate surface area is 160 Å². The number of hydrogen-bond acceptors (Lipinski definition) is 3. The van der Waals surface area contributed by atoms with Crippen molar-refractivity contribution in [3.05, 3.63) is 65.2 Å². The first-order chi connectivity index (χ1) is 12.5. The molecular formula is C21H26N2O2S. The fraction of sp³-hybridized carbons (Fsp3) is 0.333. The Kier molecular flexibility index (Phi) is 7.73. The second-order valence-electron chi connectivity index (χ2n) is 6.09. The molecule has 4 nitrogen and oxygen atoms in total. The van der Waals surface area contributed by atoms with Crippen LogP contribution in [-0.4, -0.2) is 35.6 Å². The van der Waals surface area contributed by atoms with Crippen molar-refractivity contribution >= 4 is 29.3 Å². The van der Waals surface area contributed by atoms with Gasteiger partial charge in [0.15, 0.2) is 0 Å². The fourth-order valence-corrected chi connectivity index (χ4v) is 3.46. The summed E-state index contributed by atoms with van der Waals surface area (Å²) in [7, 11) is 0. The summed E-state index contributed by atoms with van der Waals surface area (Å²) in [5.74, 6) is 1.10. The molecule has 0 aliphatic carbocycles. The first-order valence-corrected chi connectivity index (χ1v) is 10.0. The van der Waals surface area contributed by atoms with Crippen LogP contribution in [0.15, 0.2) is 48.5 Å². The minimum absolute atomic E-state index is 0.0140. The number of nitrogens with zero attached hydrogens (tertiary/aromatic N) is 1. The summed E-state index contributed by atoms with van der Waals surface area (Å²) in [6.07, 6.45) is 0. The van der Waals surface area contributed by atoms with Gasteiger partial charge >= 0.3 is 0 Å². The molecule has 0 unspecified atom stereocenters. The molecule has 0 bridgehead atoms. The molecule has 0 aliphatic heterocycles. The Morgan fingerprint density at radius 1 is 1.04 bits per heavy atom. The highest BCUT2D eigenvalue weighted by Gasteiger charge is 2.13. The van der Waals surface area contributed by atoms with Crippen molar-refractivity contribution in [2.45, 2.75) is 26.5 Å². The van der Waals surface area contributed by atoms with Crippen LogP contribution in [0.3, 0.4) is 0 Å². The average Bonchev–Trinajstić information content (AvgIpc) is 2.63. The van der Waals surface area contributed by atoms with E-state index < -0.39 is 0 Å². The van der Waals surface area contributed by atoms with Crippen molar-refractivity contribution in [1.29, 1.82) is 0 Å². The van der Waals surface area contributed by atoms with E-state index in [0.29, 0.717) is 30.1 Å². The number of aryl methyl sites for hydroxylation is 1. The first-order valence-electron chi connectivity index (χ1n) is 8.86. The quantitative estimate of drug-likeness (QED) is 0.751. The monoisotopic (exact) mass is 370 g/mol. The molecule has 0 spiro atoms. The molecular weight excluding hydrogens is 344 g/mol. The predicted molar refractivity (Wildman–Crippen MR) is 110 cm³/mol. The molecule has 0 saturated heterocycles. The highest BCUT2D eigenvalue weighted by Crippen LogP contribution is 2.16. The summed E-state index contributed by atoms with van der Waals surface area (Å²) in [6, 6.07) is 15.4. The Bertz CT molecular complexity index is 757. The number of rotatable bonds is 8. The van der Waals surface area contributed by atoms with Crippen LogP contribution < -0.4 is 5.32 Å². The van der Waals surface area contributed by atoms with Gasteiger partial charge in [-0.15, -0.1) is 11.8 Å². The third-order valence-corrected chi connectivity index (χ3v) is 5.03. The van der Waals surface area contributed by atoms with E-state index in [1.165, 1.54) is 11.1 Å². The van der Waals surface area contributed by atoms with Crippen molar-refractivity contribution in [3.8, 4) is 0 Å². The van der Waals surface area contributed by atoms with E-state index in [0.717, 1.165) is 5.75 Å². The molecule has 2 amide bonds. The van der Waals surface area contributed by atoms with Gasteiger partial charge in [-0.1, -0.05) is 35.9 Å².